The Kier molecular flexibility index (Phi) is 4.09. The van der Waals surface area contributed by atoms with E-state index in [1.807, 2.05) is 18.0 Å². The van der Waals surface area contributed by atoms with Crippen LogP contribution in [0, 0.1) is 0 Å². The molecule has 1 atom stereocenters. The third-order valence-electron chi connectivity index (χ3n) is 2.24. The van der Waals surface area contributed by atoms with Gasteiger partial charge in [0.15, 0.2) is 5.60 Å². The van der Waals surface area contributed by atoms with Crippen LogP contribution < -0.4 is 0 Å². The summed E-state index contributed by atoms with van der Waals surface area (Å²) >= 11 is 0. The molecule has 90 valence electrons. The van der Waals surface area contributed by atoms with Gasteiger partial charge in [-0.25, -0.2) is 4.79 Å². The largest absolute Gasteiger partial charge is 0.472 e. The third kappa shape index (κ3) is 3.36. The Morgan fingerprint density at radius 1 is 1.69 bits per heavy atom. The van der Waals surface area contributed by atoms with E-state index < -0.39 is 11.6 Å². The van der Waals surface area contributed by atoms with Gasteiger partial charge >= 0.3 is 5.97 Å². The molecule has 0 aliphatic carbocycles. The molecule has 1 unspecified atom stereocenters. The number of methoxy groups -OCH3 is 1. The van der Waals surface area contributed by atoms with Crippen molar-refractivity contribution in [3.05, 3.63) is 24.2 Å². The van der Waals surface area contributed by atoms with Crippen LogP contribution in [-0.4, -0.2) is 42.3 Å². The Morgan fingerprint density at radius 2 is 2.38 bits per heavy atom. The summed E-state index contributed by atoms with van der Waals surface area (Å²) in [5, 5.41) is 9.84. The van der Waals surface area contributed by atoms with Gasteiger partial charge in [0, 0.05) is 18.7 Å². The van der Waals surface area contributed by atoms with E-state index in [2.05, 4.69) is 4.74 Å². The van der Waals surface area contributed by atoms with Gasteiger partial charge in [0.25, 0.3) is 0 Å². The van der Waals surface area contributed by atoms with Crippen LogP contribution in [0.2, 0.25) is 0 Å². The van der Waals surface area contributed by atoms with Crippen molar-refractivity contribution in [2.24, 2.45) is 0 Å². The van der Waals surface area contributed by atoms with E-state index >= 15 is 0 Å². The van der Waals surface area contributed by atoms with E-state index in [0.717, 1.165) is 5.56 Å². The Hall–Kier alpha value is -1.33. The molecule has 16 heavy (non-hydrogen) atoms. The summed E-state index contributed by atoms with van der Waals surface area (Å²) < 4.78 is 9.45. The number of carbonyl (C=O) groups is 1. The minimum atomic E-state index is -1.49. The van der Waals surface area contributed by atoms with Crippen molar-refractivity contribution >= 4 is 5.97 Å². The molecule has 1 aromatic heterocycles. The van der Waals surface area contributed by atoms with Crippen molar-refractivity contribution in [1.29, 1.82) is 0 Å². The number of hydrogen-bond acceptors (Lipinski definition) is 5. The van der Waals surface area contributed by atoms with Crippen LogP contribution in [0.4, 0.5) is 0 Å². The first-order chi connectivity index (χ1) is 7.45. The van der Waals surface area contributed by atoms with E-state index in [4.69, 9.17) is 4.42 Å². The molecular formula is C11H17NO4. The van der Waals surface area contributed by atoms with Gasteiger partial charge in [-0.1, -0.05) is 0 Å². The number of esters is 1. The zero-order chi connectivity index (χ0) is 12.2. The van der Waals surface area contributed by atoms with Gasteiger partial charge in [0.05, 0.1) is 19.6 Å². The fourth-order valence-electron chi connectivity index (χ4n) is 1.56. The maximum absolute atomic E-state index is 11.3. The highest BCUT2D eigenvalue weighted by molar-refractivity contribution is 5.78. The second-order valence-corrected chi connectivity index (χ2v) is 4.07. The van der Waals surface area contributed by atoms with Gasteiger partial charge in [0.1, 0.15) is 0 Å². The van der Waals surface area contributed by atoms with Gasteiger partial charge in [-0.2, -0.15) is 0 Å². The molecule has 0 spiro atoms. The number of hydrogen-bond donors (Lipinski definition) is 1. The van der Waals surface area contributed by atoms with Crippen LogP contribution in [0.1, 0.15) is 12.5 Å². The Morgan fingerprint density at radius 3 is 2.88 bits per heavy atom. The molecule has 0 aromatic carbocycles. The van der Waals surface area contributed by atoms with Crippen LogP contribution in [0.5, 0.6) is 0 Å². The molecule has 0 amide bonds. The molecule has 0 bridgehead atoms. The van der Waals surface area contributed by atoms with E-state index in [1.165, 1.54) is 14.0 Å². The lowest BCUT2D eigenvalue weighted by Gasteiger charge is -2.26. The Labute approximate surface area is 94.6 Å². The zero-order valence-electron chi connectivity index (χ0n) is 9.77. The normalized spacial score (nSPS) is 14.8. The maximum atomic E-state index is 11.3. The topological polar surface area (TPSA) is 62.9 Å². The van der Waals surface area contributed by atoms with Crippen molar-refractivity contribution < 1.29 is 19.1 Å². The van der Waals surface area contributed by atoms with Crippen LogP contribution in [-0.2, 0) is 16.1 Å². The first kappa shape index (κ1) is 12.7. The number of rotatable bonds is 5. The molecule has 1 N–H and O–H groups in total. The predicted molar refractivity (Wildman–Crippen MR) is 57.7 cm³/mol. The Bertz CT molecular complexity index is 332. The van der Waals surface area contributed by atoms with Crippen molar-refractivity contribution in [2.45, 2.75) is 19.1 Å². The molecule has 5 heteroatoms. The second-order valence-electron chi connectivity index (χ2n) is 4.07. The molecule has 1 rings (SSSR count). The number of aliphatic hydroxyl groups is 1. The standard InChI is InChI=1S/C11H17NO4/c1-11(14,10(13)15-3)8-12(2)6-9-4-5-16-7-9/h4-5,7,14H,6,8H2,1-3H3. The predicted octanol–water partition coefficient (Wildman–Crippen LogP) is 0.635. The Balaban J connectivity index is 2.50. The van der Waals surface area contributed by atoms with Gasteiger partial charge in [0.2, 0.25) is 0 Å². The van der Waals surface area contributed by atoms with E-state index in [0.29, 0.717) is 6.54 Å². The van der Waals surface area contributed by atoms with Crippen LogP contribution in [0.3, 0.4) is 0 Å². The lowest BCUT2D eigenvalue weighted by molar-refractivity contribution is -0.162. The highest BCUT2D eigenvalue weighted by atomic mass is 16.5. The van der Waals surface area contributed by atoms with Gasteiger partial charge in [-0.3, -0.25) is 4.90 Å². The SMILES string of the molecule is COC(=O)C(C)(O)CN(C)Cc1ccoc1. The maximum Gasteiger partial charge on any atom is 0.338 e. The fraction of sp³-hybridized carbons (Fsp3) is 0.545. The lowest BCUT2D eigenvalue weighted by atomic mass is 10.1. The number of nitrogens with zero attached hydrogens (tertiary/aromatic N) is 1. The van der Waals surface area contributed by atoms with E-state index in [-0.39, 0.29) is 6.54 Å². The van der Waals surface area contributed by atoms with Crippen LogP contribution in [0.25, 0.3) is 0 Å². The first-order valence-corrected chi connectivity index (χ1v) is 4.96. The number of likely N-dealkylation sites (N-methyl/N-ethyl adjacent to an activating group) is 1. The molecule has 0 saturated heterocycles. The zero-order valence-corrected chi connectivity index (χ0v) is 9.77. The highest BCUT2D eigenvalue weighted by Gasteiger charge is 2.32. The second kappa shape index (κ2) is 5.14. The summed E-state index contributed by atoms with van der Waals surface area (Å²) in [4.78, 5) is 13.1. The summed E-state index contributed by atoms with van der Waals surface area (Å²) in [6.07, 6.45) is 3.21. The average molecular weight is 227 g/mol. The minimum absolute atomic E-state index is 0.199. The average Bonchev–Trinajstić information content (AvgIpc) is 2.67. The molecule has 5 nitrogen and oxygen atoms in total. The van der Waals surface area contributed by atoms with E-state index in [1.54, 1.807) is 12.5 Å². The monoisotopic (exact) mass is 227 g/mol. The highest BCUT2D eigenvalue weighted by Crippen LogP contribution is 2.10. The third-order valence-corrected chi connectivity index (χ3v) is 2.24. The van der Waals surface area contributed by atoms with Crippen molar-refractivity contribution in [3.63, 3.8) is 0 Å². The minimum Gasteiger partial charge on any atom is -0.472 e. The quantitative estimate of drug-likeness (QED) is 0.748. The molecule has 0 aliphatic heterocycles. The summed E-state index contributed by atoms with van der Waals surface area (Å²) in [7, 11) is 3.07. The number of carbonyl (C=O) groups excluding carboxylic acids is 1. The lowest BCUT2D eigenvalue weighted by Crippen LogP contribution is -2.46. The molecule has 0 fully saturated rings. The van der Waals surface area contributed by atoms with Crippen LogP contribution in [0.15, 0.2) is 23.0 Å². The van der Waals surface area contributed by atoms with E-state index in [9.17, 15) is 9.90 Å². The molecular weight excluding hydrogens is 210 g/mol. The molecule has 1 aromatic rings. The summed E-state index contributed by atoms with van der Waals surface area (Å²) in [6.45, 7) is 2.24. The van der Waals surface area contributed by atoms with Gasteiger partial charge in [-0.05, 0) is 20.0 Å². The molecule has 1 heterocycles. The summed E-state index contributed by atoms with van der Waals surface area (Å²) in [5.74, 6) is -0.633. The number of furan rings is 1. The molecule has 0 saturated carbocycles. The van der Waals surface area contributed by atoms with Crippen molar-refractivity contribution in [1.82, 2.24) is 4.90 Å². The molecule has 0 aliphatic rings. The van der Waals surface area contributed by atoms with Gasteiger partial charge in [-0.15, -0.1) is 0 Å². The summed E-state index contributed by atoms with van der Waals surface area (Å²) in [6, 6.07) is 1.84. The smallest absolute Gasteiger partial charge is 0.338 e. The molecule has 0 radical (unpaired) electrons. The van der Waals surface area contributed by atoms with Crippen LogP contribution >= 0.6 is 0 Å². The fourth-order valence-corrected chi connectivity index (χ4v) is 1.56. The van der Waals surface area contributed by atoms with Crippen molar-refractivity contribution in [2.75, 3.05) is 20.7 Å². The van der Waals surface area contributed by atoms with Gasteiger partial charge < -0.3 is 14.3 Å². The summed E-state index contributed by atoms with van der Waals surface area (Å²) in [5.41, 5.74) is -0.504. The number of ether oxygens (including phenoxy) is 1. The van der Waals surface area contributed by atoms with Crippen molar-refractivity contribution in [3.8, 4) is 0 Å². The first-order valence-electron chi connectivity index (χ1n) is 4.96.